The third kappa shape index (κ3) is 3.73. The van der Waals surface area contributed by atoms with Crippen molar-refractivity contribution in [2.75, 3.05) is 20.2 Å². The van der Waals surface area contributed by atoms with Crippen molar-refractivity contribution in [1.82, 2.24) is 10.2 Å². The number of carbonyl (C=O) groups excluding carboxylic acids is 1. The van der Waals surface area contributed by atoms with Gasteiger partial charge >= 0.3 is 0 Å². The van der Waals surface area contributed by atoms with E-state index in [2.05, 4.69) is 10.2 Å². The second-order valence-electron chi connectivity index (χ2n) is 6.87. The Labute approximate surface area is 144 Å². The van der Waals surface area contributed by atoms with Gasteiger partial charge in [0.2, 0.25) is 0 Å². The summed E-state index contributed by atoms with van der Waals surface area (Å²) in [6, 6.07) is 7.18. The lowest BCUT2D eigenvalue weighted by atomic mass is 10.00. The zero-order valence-electron chi connectivity index (χ0n) is 14.4. The number of rotatable bonds is 4. The van der Waals surface area contributed by atoms with Crippen molar-refractivity contribution in [3.8, 4) is 5.75 Å². The number of nitrogens with one attached hydrogen (secondary N) is 1. The molecule has 1 aromatic carbocycles. The van der Waals surface area contributed by atoms with Gasteiger partial charge in [0.15, 0.2) is 0 Å². The summed E-state index contributed by atoms with van der Waals surface area (Å²) in [6.45, 7) is 2.13. The minimum Gasteiger partial charge on any atom is -0.496 e. The Bertz CT molecular complexity index is 557. The predicted molar refractivity (Wildman–Crippen MR) is 93.3 cm³/mol. The summed E-state index contributed by atoms with van der Waals surface area (Å²) in [6.07, 6.45) is 5.90. The van der Waals surface area contributed by atoms with Gasteiger partial charge < -0.3 is 15.2 Å². The van der Waals surface area contributed by atoms with E-state index < -0.39 is 6.10 Å². The minimum absolute atomic E-state index is 0.165. The van der Waals surface area contributed by atoms with Gasteiger partial charge in [-0.15, -0.1) is 0 Å². The van der Waals surface area contributed by atoms with Gasteiger partial charge in [0, 0.05) is 6.04 Å². The molecular formula is C19H28N2O3. The van der Waals surface area contributed by atoms with E-state index in [0.29, 0.717) is 11.3 Å². The number of likely N-dealkylation sites (tertiary alicyclic amines) is 1. The summed E-state index contributed by atoms with van der Waals surface area (Å²) in [5.41, 5.74) is 0.522. The Hall–Kier alpha value is -1.59. The summed E-state index contributed by atoms with van der Waals surface area (Å²) < 4.78 is 5.28. The van der Waals surface area contributed by atoms with Crippen LogP contribution in [0.2, 0.25) is 0 Å². The molecule has 1 aromatic rings. The van der Waals surface area contributed by atoms with Crippen LogP contribution in [0.5, 0.6) is 5.75 Å². The van der Waals surface area contributed by atoms with Crippen LogP contribution in [0.3, 0.4) is 0 Å². The molecule has 0 aromatic heterocycles. The highest BCUT2D eigenvalue weighted by atomic mass is 16.5. The maximum absolute atomic E-state index is 12.7. The van der Waals surface area contributed by atoms with Crippen LogP contribution < -0.4 is 10.1 Å². The number of benzene rings is 1. The number of hydrogen-bond donors (Lipinski definition) is 2. The standard InChI is InChI=1S/C19H28N2O3/c1-24-17-11-5-2-8-14(17)19(23)20-15-9-3-4-10-16(18(15)22)21-12-6-7-13-21/h2,5,8,11,15-16,18,22H,3-4,6-7,9-10,12-13H2,1H3,(H,20,23)/t15-,16-,18-/m1/s1. The largest absolute Gasteiger partial charge is 0.496 e. The Morgan fingerprint density at radius 2 is 1.88 bits per heavy atom. The van der Waals surface area contributed by atoms with Crippen LogP contribution in [0.1, 0.15) is 48.9 Å². The van der Waals surface area contributed by atoms with Crippen LogP contribution in [0, 0.1) is 0 Å². The topological polar surface area (TPSA) is 61.8 Å². The van der Waals surface area contributed by atoms with Gasteiger partial charge in [-0.3, -0.25) is 9.69 Å². The van der Waals surface area contributed by atoms with E-state index in [1.807, 2.05) is 12.1 Å². The van der Waals surface area contributed by atoms with Gasteiger partial charge in [0.05, 0.1) is 24.8 Å². The first-order valence-electron chi connectivity index (χ1n) is 9.06. The second kappa shape index (κ2) is 7.99. The maximum Gasteiger partial charge on any atom is 0.255 e. The highest BCUT2D eigenvalue weighted by molar-refractivity contribution is 5.97. The molecule has 2 N–H and O–H groups in total. The highest BCUT2D eigenvalue weighted by Gasteiger charge is 2.35. The van der Waals surface area contributed by atoms with Gasteiger partial charge in [-0.05, 0) is 50.9 Å². The summed E-state index contributed by atoms with van der Waals surface area (Å²) in [5.74, 6) is 0.396. The molecule has 1 heterocycles. The van der Waals surface area contributed by atoms with Gasteiger partial charge in [-0.1, -0.05) is 25.0 Å². The molecule has 0 bridgehead atoms. The van der Waals surface area contributed by atoms with Crippen LogP contribution in [0.25, 0.3) is 0 Å². The van der Waals surface area contributed by atoms with E-state index in [-0.39, 0.29) is 18.0 Å². The molecule has 3 rings (SSSR count). The van der Waals surface area contributed by atoms with E-state index >= 15 is 0 Å². The molecule has 132 valence electrons. The zero-order chi connectivity index (χ0) is 16.9. The van der Waals surface area contributed by atoms with Gasteiger partial charge in [0.25, 0.3) is 5.91 Å². The van der Waals surface area contributed by atoms with E-state index in [4.69, 9.17) is 4.74 Å². The average molecular weight is 332 g/mol. The van der Waals surface area contributed by atoms with Crippen LogP contribution in [0.4, 0.5) is 0 Å². The van der Waals surface area contributed by atoms with Crippen molar-refractivity contribution in [2.24, 2.45) is 0 Å². The molecule has 24 heavy (non-hydrogen) atoms. The van der Waals surface area contributed by atoms with E-state index in [0.717, 1.165) is 38.8 Å². The first-order valence-corrected chi connectivity index (χ1v) is 9.06. The van der Waals surface area contributed by atoms with Crippen molar-refractivity contribution in [1.29, 1.82) is 0 Å². The lowest BCUT2D eigenvalue weighted by Gasteiger charge is -2.34. The molecule has 0 unspecified atom stereocenters. The van der Waals surface area contributed by atoms with Crippen LogP contribution in [-0.2, 0) is 0 Å². The van der Waals surface area contributed by atoms with Gasteiger partial charge in [-0.2, -0.15) is 0 Å². The van der Waals surface area contributed by atoms with E-state index in [9.17, 15) is 9.90 Å². The van der Waals surface area contributed by atoms with Gasteiger partial charge in [0.1, 0.15) is 5.75 Å². The third-order valence-electron chi connectivity index (χ3n) is 5.35. The summed E-state index contributed by atoms with van der Waals surface area (Å²) in [5, 5.41) is 14.0. The highest BCUT2D eigenvalue weighted by Crippen LogP contribution is 2.26. The maximum atomic E-state index is 12.7. The van der Waals surface area contributed by atoms with E-state index in [1.165, 1.54) is 12.8 Å². The SMILES string of the molecule is COc1ccccc1C(=O)N[C@@H]1CCCC[C@@H](N2CCCC2)[C@@H]1O. The number of amides is 1. The normalized spacial score (nSPS) is 28.3. The van der Waals surface area contributed by atoms with Crippen molar-refractivity contribution >= 4 is 5.91 Å². The predicted octanol–water partition coefficient (Wildman–Crippen LogP) is 2.19. The van der Waals surface area contributed by atoms with Crippen LogP contribution >= 0.6 is 0 Å². The average Bonchev–Trinajstić information content (AvgIpc) is 3.08. The molecule has 1 saturated heterocycles. The number of aliphatic hydroxyl groups is 1. The number of aliphatic hydroxyl groups excluding tert-OH is 1. The molecule has 1 saturated carbocycles. The number of para-hydroxylation sites is 1. The lowest BCUT2D eigenvalue weighted by molar-refractivity contribution is 0.0337. The molecular weight excluding hydrogens is 304 g/mol. The molecule has 1 aliphatic carbocycles. The quantitative estimate of drug-likeness (QED) is 0.830. The molecule has 2 aliphatic rings. The Morgan fingerprint density at radius 3 is 2.62 bits per heavy atom. The molecule has 3 atom stereocenters. The monoisotopic (exact) mass is 332 g/mol. The first kappa shape index (κ1) is 17.2. The fourth-order valence-corrected chi connectivity index (χ4v) is 4.04. The minimum atomic E-state index is -0.510. The fourth-order valence-electron chi connectivity index (χ4n) is 4.04. The number of ether oxygens (including phenoxy) is 1. The van der Waals surface area contributed by atoms with Gasteiger partial charge in [-0.25, -0.2) is 0 Å². The summed E-state index contributed by atoms with van der Waals surface area (Å²) in [4.78, 5) is 15.1. The molecule has 0 spiro atoms. The third-order valence-corrected chi connectivity index (χ3v) is 5.35. The second-order valence-corrected chi connectivity index (χ2v) is 6.87. The van der Waals surface area contributed by atoms with Crippen LogP contribution in [0.15, 0.2) is 24.3 Å². The van der Waals surface area contributed by atoms with Crippen molar-refractivity contribution in [3.63, 3.8) is 0 Å². The Morgan fingerprint density at radius 1 is 1.17 bits per heavy atom. The Kier molecular flexibility index (Phi) is 5.74. The lowest BCUT2D eigenvalue weighted by Crippen LogP contribution is -2.52. The molecule has 2 fully saturated rings. The fraction of sp³-hybridized carbons (Fsp3) is 0.632. The molecule has 1 aliphatic heterocycles. The van der Waals surface area contributed by atoms with Crippen LogP contribution in [-0.4, -0.2) is 54.3 Å². The molecule has 5 heteroatoms. The zero-order valence-corrected chi connectivity index (χ0v) is 14.4. The number of carbonyl (C=O) groups is 1. The molecule has 1 amide bonds. The van der Waals surface area contributed by atoms with Crippen molar-refractivity contribution < 1.29 is 14.6 Å². The number of hydrogen-bond acceptors (Lipinski definition) is 4. The Balaban J connectivity index is 1.71. The number of nitrogens with zero attached hydrogens (tertiary/aromatic N) is 1. The van der Waals surface area contributed by atoms with Crippen molar-refractivity contribution in [2.45, 2.75) is 56.7 Å². The van der Waals surface area contributed by atoms with E-state index in [1.54, 1.807) is 19.2 Å². The summed E-state index contributed by atoms with van der Waals surface area (Å²) in [7, 11) is 1.57. The number of methoxy groups -OCH3 is 1. The summed E-state index contributed by atoms with van der Waals surface area (Å²) >= 11 is 0. The smallest absolute Gasteiger partial charge is 0.255 e. The molecule has 0 radical (unpaired) electrons. The molecule has 5 nitrogen and oxygen atoms in total. The van der Waals surface area contributed by atoms with Crippen molar-refractivity contribution in [3.05, 3.63) is 29.8 Å². The first-order chi connectivity index (χ1) is 11.7.